The van der Waals surface area contributed by atoms with E-state index < -0.39 is 5.97 Å². The molecular weight excluding hydrogens is 450 g/mol. The highest BCUT2D eigenvalue weighted by Gasteiger charge is 2.27. The average Bonchev–Trinajstić information content (AvgIpc) is 3.27. The number of thiazole rings is 1. The minimum atomic E-state index is -0.416. The monoisotopic (exact) mass is 471 g/mol. The molecular formula is C26H21N3O4S. The van der Waals surface area contributed by atoms with Crippen LogP contribution in [0.25, 0.3) is 22.0 Å². The lowest BCUT2D eigenvalue weighted by molar-refractivity contribution is -0.121. The van der Waals surface area contributed by atoms with E-state index in [-0.39, 0.29) is 12.5 Å². The number of hydrogen-bond donors (Lipinski definition) is 0. The normalized spacial score (nSPS) is 12.8. The van der Waals surface area contributed by atoms with E-state index in [2.05, 4.69) is 4.98 Å². The number of carbonyl (C=O) groups is 2. The standard InChI is InChI=1S/C26H21N3O4S/c1-16-24(28-25(34-16)20-8-3-4-11-27-20)18-9-10-22-21(13-18)29(23(30)15-33-22)14-17-6-5-7-19(12-17)26(31)32-2/h3-13H,14-15H2,1-2H3. The van der Waals surface area contributed by atoms with Gasteiger partial charge in [-0.3, -0.25) is 9.78 Å². The van der Waals surface area contributed by atoms with E-state index in [0.29, 0.717) is 23.5 Å². The molecule has 0 spiro atoms. The molecule has 5 rings (SSSR count). The van der Waals surface area contributed by atoms with E-state index in [1.807, 2.05) is 49.4 Å². The number of esters is 1. The number of benzene rings is 2. The zero-order chi connectivity index (χ0) is 23.7. The Labute approximate surface area is 200 Å². The summed E-state index contributed by atoms with van der Waals surface area (Å²) in [5.41, 5.74) is 4.49. The quantitative estimate of drug-likeness (QED) is 0.386. The Balaban J connectivity index is 1.50. The van der Waals surface area contributed by atoms with Gasteiger partial charge in [0.05, 0.1) is 36.3 Å². The number of anilines is 1. The van der Waals surface area contributed by atoms with E-state index in [9.17, 15) is 9.59 Å². The molecule has 3 heterocycles. The smallest absolute Gasteiger partial charge is 0.337 e. The highest BCUT2D eigenvalue weighted by molar-refractivity contribution is 7.15. The van der Waals surface area contributed by atoms with Crippen LogP contribution in [0.2, 0.25) is 0 Å². The second kappa shape index (κ2) is 9.07. The fourth-order valence-corrected chi connectivity index (χ4v) is 4.80. The molecule has 34 heavy (non-hydrogen) atoms. The summed E-state index contributed by atoms with van der Waals surface area (Å²) in [5.74, 6) is 0.0585. The maximum atomic E-state index is 12.8. The zero-order valence-electron chi connectivity index (χ0n) is 18.6. The van der Waals surface area contributed by atoms with Crippen LogP contribution < -0.4 is 9.64 Å². The molecule has 1 amide bonds. The average molecular weight is 472 g/mol. The summed E-state index contributed by atoms with van der Waals surface area (Å²) in [7, 11) is 1.35. The number of pyridine rings is 1. The number of aryl methyl sites for hydroxylation is 1. The number of carbonyl (C=O) groups excluding carboxylic acids is 2. The van der Waals surface area contributed by atoms with E-state index in [0.717, 1.165) is 32.4 Å². The molecule has 0 fully saturated rings. The van der Waals surface area contributed by atoms with Crippen molar-refractivity contribution in [2.75, 3.05) is 18.6 Å². The third-order valence-corrected chi connectivity index (χ3v) is 6.54. The first-order valence-corrected chi connectivity index (χ1v) is 11.5. The Kier molecular flexibility index (Phi) is 5.81. The van der Waals surface area contributed by atoms with Crippen LogP contribution >= 0.6 is 11.3 Å². The third-order valence-electron chi connectivity index (χ3n) is 5.54. The zero-order valence-corrected chi connectivity index (χ0v) is 19.5. The van der Waals surface area contributed by atoms with Crippen molar-refractivity contribution in [3.63, 3.8) is 0 Å². The van der Waals surface area contributed by atoms with Crippen LogP contribution in [0.15, 0.2) is 66.9 Å². The minimum absolute atomic E-state index is 0.0391. The van der Waals surface area contributed by atoms with Crippen LogP contribution in [0.5, 0.6) is 5.75 Å². The Bertz CT molecular complexity index is 1380. The largest absolute Gasteiger partial charge is 0.482 e. The predicted octanol–water partition coefficient (Wildman–Crippen LogP) is 4.89. The summed E-state index contributed by atoms with van der Waals surface area (Å²) in [6.45, 7) is 2.29. The van der Waals surface area contributed by atoms with Crippen molar-refractivity contribution < 1.29 is 19.1 Å². The van der Waals surface area contributed by atoms with E-state index in [1.165, 1.54) is 7.11 Å². The number of nitrogens with zero attached hydrogens (tertiary/aromatic N) is 3. The number of hydrogen-bond acceptors (Lipinski definition) is 7. The highest BCUT2D eigenvalue weighted by atomic mass is 32.1. The SMILES string of the molecule is COC(=O)c1cccc(CN2C(=O)COc3ccc(-c4nc(-c5ccccn5)sc4C)cc32)c1. The fourth-order valence-electron chi connectivity index (χ4n) is 3.88. The summed E-state index contributed by atoms with van der Waals surface area (Å²) >= 11 is 1.58. The van der Waals surface area contributed by atoms with Crippen LogP contribution in [-0.2, 0) is 16.1 Å². The van der Waals surface area contributed by atoms with Crippen molar-refractivity contribution in [2.24, 2.45) is 0 Å². The highest BCUT2D eigenvalue weighted by Crippen LogP contribution is 2.39. The van der Waals surface area contributed by atoms with Gasteiger partial charge in [-0.15, -0.1) is 11.3 Å². The lowest BCUT2D eigenvalue weighted by Crippen LogP contribution is -2.38. The van der Waals surface area contributed by atoms with Crippen LogP contribution in [0.3, 0.4) is 0 Å². The number of ether oxygens (including phenoxy) is 2. The lowest BCUT2D eigenvalue weighted by atomic mass is 10.1. The number of rotatable bonds is 5. The number of fused-ring (bicyclic) bond motifs is 1. The molecule has 0 unspecified atom stereocenters. The van der Waals surface area contributed by atoms with E-state index in [4.69, 9.17) is 14.5 Å². The van der Waals surface area contributed by atoms with Gasteiger partial charge in [0.25, 0.3) is 5.91 Å². The second-order valence-electron chi connectivity index (χ2n) is 7.78. The van der Waals surface area contributed by atoms with Crippen molar-refractivity contribution in [1.29, 1.82) is 0 Å². The molecule has 1 aliphatic heterocycles. The molecule has 8 heteroatoms. The molecule has 0 saturated carbocycles. The molecule has 4 aromatic rings. The number of aromatic nitrogens is 2. The van der Waals surface area contributed by atoms with Gasteiger partial charge in [0.2, 0.25) is 0 Å². The summed E-state index contributed by atoms with van der Waals surface area (Å²) in [6.07, 6.45) is 1.75. The van der Waals surface area contributed by atoms with E-state index in [1.54, 1.807) is 40.6 Å². The van der Waals surface area contributed by atoms with Crippen LogP contribution in [0, 0.1) is 6.92 Å². The molecule has 0 bridgehead atoms. The van der Waals surface area contributed by atoms with Gasteiger partial charge in [0, 0.05) is 16.6 Å². The van der Waals surface area contributed by atoms with Gasteiger partial charge in [-0.25, -0.2) is 9.78 Å². The van der Waals surface area contributed by atoms with Gasteiger partial charge in [-0.2, -0.15) is 0 Å². The number of methoxy groups -OCH3 is 1. The van der Waals surface area contributed by atoms with Crippen molar-refractivity contribution >= 4 is 28.9 Å². The molecule has 0 atom stereocenters. The van der Waals surface area contributed by atoms with Crippen molar-refractivity contribution in [3.8, 4) is 27.7 Å². The summed E-state index contributed by atoms with van der Waals surface area (Å²) in [5, 5.41) is 0.842. The van der Waals surface area contributed by atoms with Gasteiger partial charge in [0.15, 0.2) is 6.61 Å². The maximum absolute atomic E-state index is 12.8. The lowest BCUT2D eigenvalue weighted by Gasteiger charge is -2.30. The fraction of sp³-hybridized carbons (Fsp3) is 0.154. The van der Waals surface area contributed by atoms with Crippen molar-refractivity contribution in [3.05, 3.63) is 82.9 Å². The number of amides is 1. The first-order chi connectivity index (χ1) is 16.5. The van der Waals surface area contributed by atoms with E-state index >= 15 is 0 Å². The Hall–Kier alpha value is -4.04. The molecule has 0 saturated heterocycles. The van der Waals surface area contributed by atoms with Gasteiger partial charge >= 0.3 is 5.97 Å². The van der Waals surface area contributed by atoms with Crippen LogP contribution in [0.1, 0.15) is 20.8 Å². The molecule has 0 radical (unpaired) electrons. The summed E-state index contributed by atoms with van der Waals surface area (Å²) in [4.78, 5) is 36.7. The molecule has 0 aliphatic carbocycles. The van der Waals surface area contributed by atoms with Crippen LogP contribution in [0.4, 0.5) is 5.69 Å². The first kappa shape index (κ1) is 21.8. The molecule has 170 valence electrons. The topological polar surface area (TPSA) is 81.6 Å². The molecule has 1 aliphatic rings. The molecule has 0 N–H and O–H groups in total. The van der Waals surface area contributed by atoms with Gasteiger partial charge in [0.1, 0.15) is 10.8 Å². The Morgan fingerprint density at radius 2 is 2.03 bits per heavy atom. The Morgan fingerprint density at radius 3 is 2.82 bits per heavy atom. The molecule has 7 nitrogen and oxygen atoms in total. The molecule has 2 aromatic carbocycles. The second-order valence-corrected chi connectivity index (χ2v) is 8.99. The molecule has 2 aromatic heterocycles. The maximum Gasteiger partial charge on any atom is 0.337 e. The van der Waals surface area contributed by atoms with Crippen molar-refractivity contribution in [1.82, 2.24) is 9.97 Å². The van der Waals surface area contributed by atoms with Gasteiger partial charge < -0.3 is 14.4 Å². The Morgan fingerprint density at radius 1 is 1.15 bits per heavy atom. The van der Waals surface area contributed by atoms with Gasteiger partial charge in [-0.05, 0) is 55.0 Å². The van der Waals surface area contributed by atoms with Crippen LogP contribution in [-0.4, -0.2) is 35.6 Å². The minimum Gasteiger partial charge on any atom is -0.482 e. The predicted molar refractivity (Wildman–Crippen MR) is 130 cm³/mol. The first-order valence-electron chi connectivity index (χ1n) is 10.7. The van der Waals surface area contributed by atoms with Gasteiger partial charge in [-0.1, -0.05) is 18.2 Å². The summed E-state index contributed by atoms with van der Waals surface area (Å²) in [6, 6.07) is 18.6. The third kappa shape index (κ3) is 4.15. The summed E-state index contributed by atoms with van der Waals surface area (Å²) < 4.78 is 10.5. The van der Waals surface area contributed by atoms with Crippen molar-refractivity contribution in [2.45, 2.75) is 13.5 Å².